The molecule has 0 radical (unpaired) electrons. The minimum absolute atomic E-state index is 0.00422. The van der Waals surface area contributed by atoms with Crippen molar-refractivity contribution in [3.05, 3.63) is 77.5 Å². The number of nitrogens with zero attached hydrogens (tertiary/aromatic N) is 2. The van der Waals surface area contributed by atoms with E-state index in [0.717, 1.165) is 0 Å². The number of ketones is 1. The second-order valence-electron chi connectivity index (χ2n) is 10.2. The smallest absolute Gasteiger partial charge is 0.336 e. The van der Waals surface area contributed by atoms with Gasteiger partial charge in [-0.1, -0.05) is 48.5 Å². The molecule has 0 saturated carbocycles. The van der Waals surface area contributed by atoms with Gasteiger partial charge in [0.05, 0.1) is 17.1 Å². The summed E-state index contributed by atoms with van der Waals surface area (Å²) in [6.07, 6.45) is 2.10. The highest BCUT2D eigenvalue weighted by molar-refractivity contribution is 6.26. The topological polar surface area (TPSA) is 98.2 Å². The van der Waals surface area contributed by atoms with E-state index >= 15 is 0 Å². The van der Waals surface area contributed by atoms with E-state index in [2.05, 4.69) is 0 Å². The van der Waals surface area contributed by atoms with Gasteiger partial charge in [-0.15, -0.1) is 0 Å². The number of carbonyl (C=O) groups excluding carboxylic acids is 2. The number of rotatable bonds is 4. The molecule has 0 spiro atoms. The minimum Gasteiger partial charge on any atom is -0.478 e. The Morgan fingerprint density at radius 2 is 1.56 bits per heavy atom. The van der Waals surface area contributed by atoms with Crippen molar-refractivity contribution in [2.45, 2.75) is 63.9 Å². The van der Waals surface area contributed by atoms with Gasteiger partial charge >= 0.3 is 5.97 Å². The Labute approximate surface area is 199 Å². The summed E-state index contributed by atoms with van der Waals surface area (Å²) in [4.78, 5) is 42.0. The Bertz CT molecular complexity index is 1200. The Kier molecular flexibility index (Phi) is 5.44. The number of hydrogen-bond donors (Lipinski definition) is 2. The summed E-state index contributed by atoms with van der Waals surface area (Å²) in [5, 5.41) is 22.0. The number of benzene rings is 2. The zero-order chi connectivity index (χ0) is 25.1. The van der Waals surface area contributed by atoms with Crippen molar-refractivity contribution in [1.82, 2.24) is 9.80 Å². The third kappa shape index (κ3) is 3.34. The first kappa shape index (κ1) is 23.7. The number of carbonyl (C=O) groups is 3. The maximum atomic E-state index is 13.9. The van der Waals surface area contributed by atoms with E-state index in [0.29, 0.717) is 12.0 Å². The standard InChI is InChI=1S/C27H30N2O5/c1-17(30)29-25(2,3)15-22(26(29,4)5)28-16-20(18-11-7-6-8-12-18)23(31)27(28,34)21-14-10-9-13-19(21)24(32)33/h6-14,16,22,34H,15H2,1-5H3,(H,32,33). The van der Waals surface area contributed by atoms with Crippen LogP contribution in [0.1, 0.15) is 62.5 Å². The van der Waals surface area contributed by atoms with Gasteiger partial charge in [0.1, 0.15) is 0 Å². The van der Waals surface area contributed by atoms with Gasteiger partial charge in [-0.3, -0.25) is 9.59 Å². The van der Waals surface area contributed by atoms with E-state index in [1.165, 1.54) is 19.1 Å². The van der Waals surface area contributed by atoms with Gasteiger partial charge < -0.3 is 20.0 Å². The van der Waals surface area contributed by atoms with Gasteiger partial charge in [-0.2, -0.15) is 0 Å². The summed E-state index contributed by atoms with van der Waals surface area (Å²) in [7, 11) is 0. The largest absolute Gasteiger partial charge is 0.478 e. The molecule has 2 heterocycles. The maximum absolute atomic E-state index is 13.9. The zero-order valence-electron chi connectivity index (χ0n) is 20.1. The number of aliphatic hydroxyl groups is 1. The van der Waals surface area contributed by atoms with Gasteiger partial charge in [-0.25, -0.2) is 4.79 Å². The van der Waals surface area contributed by atoms with E-state index in [1.807, 2.05) is 33.8 Å². The lowest BCUT2D eigenvalue weighted by Gasteiger charge is -2.46. The van der Waals surface area contributed by atoms with Gasteiger partial charge in [0.25, 0.3) is 0 Å². The highest BCUT2D eigenvalue weighted by Crippen LogP contribution is 2.50. The summed E-state index contributed by atoms with van der Waals surface area (Å²) in [5.41, 5.74) is -2.78. The van der Waals surface area contributed by atoms with E-state index in [1.54, 1.807) is 52.4 Å². The fourth-order valence-electron chi connectivity index (χ4n) is 5.98. The van der Waals surface area contributed by atoms with Crippen LogP contribution in [0.5, 0.6) is 0 Å². The molecule has 1 amide bonds. The van der Waals surface area contributed by atoms with E-state index in [4.69, 9.17) is 0 Å². The Balaban J connectivity index is 1.96. The molecular formula is C27H30N2O5. The molecule has 7 heteroatoms. The zero-order valence-corrected chi connectivity index (χ0v) is 20.1. The molecule has 2 aliphatic rings. The van der Waals surface area contributed by atoms with Gasteiger partial charge in [0, 0.05) is 29.8 Å². The van der Waals surface area contributed by atoms with Crippen LogP contribution < -0.4 is 0 Å². The molecule has 178 valence electrons. The van der Waals surface area contributed by atoms with Crippen LogP contribution >= 0.6 is 0 Å². The quantitative estimate of drug-likeness (QED) is 0.720. The van der Waals surface area contributed by atoms with Gasteiger partial charge in [0.2, 0.25) is 17.4 Å². The van der Waals surface area contributed by atoms with Crippen molar-refractivity contribution in [2.75, 3.05) is 0 Å². The van der Waals surface area contributed by atoms with Crippen molar-refractivity contribution in [3.8, 4) is 0 Å². The van der Waals surface area contributed by atoms with Crippen LogP contribution in [0.3, 0.4) is 0 Å². The Hall–Kier alpha value is -3.45. The van der Waals surface area contributed by atoms with E-state index in [9.17, 15) is 24.6 Å². The number of likely N-dealkylation sites (tertiary alicyclic amines) is 1. The molecule has 2 aliphatic heterocycles. The molecule has 1 saturated heterocycles. The highest BCUT2D eigenvalue weighted by Gasteiger charge is 2.61. The first-order chi connectivity index (χ1) is 15.8. The predicted octanol–water partition coefficient (Wildman–Crippen LogP) is 3.63. The lowest BCUT2D eigenvalue weighted by Crippen LogP contribution is -2.59. The molecule has 2 N–H and O–H groups in total. The predicted molar refractivity (Wildman–Crippen MR) is 128 cm³/mol. The van der Waals surface area contributed by atoms with Crippen LogP contribution in [0.25, 0.3) is 5.57 Å². The number of aromatic carboxylic acids is 1. The molecule has 2 aromatic carbocycles. The molecule has 0 aliphatic carbocycles. The van der Waals surface area contributed by atoms with Crippen LogP contribution in [0.4, 0.5) is 0 Å². The van der Waals surface area contributed by atoms with Crippen molar-refractivity contribution >= 4 is 23.2 Å². The van der Waals surface area contributed by atoms with E-state index < -0.39 is 34.6 Å². The number of carboxylic acids is 1. The van der Waals surface area contributed by atoms with Gasteiger partial charge in [0.15, 0.2) is 0 Å². The fraction of sp³-hybridized carbons (Fsp3) is 0.370. The summed E-state index contributed by atoms with van der Waals surface area (Å²) in [5.74, 6) is -1.94. The number of hydrogen-bond acceptors (Lipinski definition) is 5. The third-order valence-electron chi connectivity index (χ3n) is 7.16. The monoisotopic (exact) mass is 462 g/mol. The average molecular weight is 463 g/mol. The van der Waals surface area contributed by atoms with Gasteiger partial charge in [-0.05, 0) is 45.7 Å². The Morgan fingerprint density at radius 3 is 2.12 bits per heavy atom. The average Bonchev–Trinajstić information content (AvgIpc) is 3.14. The molecule has 2 aromatic rings. The summed E-state index contributed by atoms with van der Waals surface area (Å²) in [6.45, 7) is 9.25. The van der Waals surface area contributed by atoms with Crippen molar-refractivity contribution in [2.24, 2.45) is 0 Å². The maximum Gasteiger partial charge on any atom is 0.336 e. The molecule has 34 heavy (non-hydrogen) atoms. The van der Waals surface area contributed by atoms with E-state index in [-0.39, 0.29) is 22.6 Å². The number of amides is 1. The summed E-state index contributed by atoms with van der Waals surface area (Å²) >= 11 is 0. The Morgan fingerprint density at radius 1 is 0.971 bits per heavy atom. The normalized spacial score (nSPS) is 25.4. The minimum atomic E-state index is -2.25. The first-order valence-electron chi connectivity index (χ1n) is 11.3. The number of carboxylic acid groups (broad SMARTS) is 1. The molecule has 2 atom stereocenters. The SMILES string of the molecule is CC(=O)N1C(C)(C)CC(N2C=C(c3ccccc3)C(=O)C2(O)c2ccccc2C(=O)O)C1(C)C. The first-order valence-corrected chi connectivity index (χ1v) is 11.3. The number of Topliss-reactive ketones (excluding diaryl/α,β-unsaturated/α-hetero) is 1. The van der Waals surface area contributed by atoms with Crippen LogP contribution in [0, 0.1) is 0 Å². The highest BCUT2D eigenvalue weighted by atomic mass is 16.4. The second kappa shape index (κ2) is 7.81. The van der Waals surface area contributed by atoms with Crippen molar-refractivity contribution in [1.29, 1.82) is 0 Å². The van der Waals surface area contributed by atoms with Crippen LogP contribution in [0.2, 0.25) is 0 Å². The second-order valence-corrected chi connectivity index (χ2v) is 10.2. The van der Waals surface area contributed by atoms with Crippen molar-refractivity contribution in [3.63, 3.8) is 0 Å². The van der Waals surface area contributed by atoms with Crippen LogP contribution in [0.15, 0.2) is 60.8 Å². The molecule has 0 aromatic heterocycles. The summed E-state index contributed by atoms with van der Waals surface area (Å²) < 4.78 is 0. The molecule has 4 rings (SSSR count). The fourth-order valence-corrected chi connectivity index (χ4v) is 5.98. The van der Waals surface area contributed by atoms with Crippen molar-refractivity contribution < 1.29 is 24.6 Å². The van der Waals surface area contributed by atoms with Crippen LogP contribution in [-0.4, -0.2) is 54.8 Å². The lowest BCUT2D eigenvalue weighted by atomic mass is 9.86. The summed E-state index contributed by atoms with van der Waals surface area (Å²) in [6, 6.07) is 14.6. The lowest BCUT2D eigenvalue weighted by molar-refractivity contribution is -0.156. The third-order valence-corrected chi connectivity index (χ3v) is 7.16. The molecular weight excluding hydrogens is 432 g/mol. The molecule has 7 nitrogen and oxygen atoms in total. The van der Waals surface area contributed by atoms with Crippen LogP contribution in [-0.2, 0) is 15.3 Å². The molecule has 1 fully saturated rings. The molecule has 0 bridgehead atoms. The molecule has 2 unspecified atom stereocenters.